The van der Waals surface area contributed by atoms with Gasteiger partial charge in [-0.15, -0.1) is 0 Å². The van der Waals surface area contributed by atoms with Crippen molar-refractivity contribution in [2.24, 2.45) is 7.05 Å². The molecule has 1 aromatic heterocycles. The van der Waals surface area contributed by atoms with Crippen LogP contribution in [0.1, 0.15) is 0 Å². The van der Waals surface area contributed by atoms with Gasteiger partial charge in [-0.1, -0.05) is 42.1 Å². The van der Waals surface area contributed by atoms with Crippen LogP contribution in [-0.2, 0) is 11.8 Å². The number of benzene rings is 1. The first-order valence-electron chi connectivity index (χ1n) is 6.33. The predicted octanol–water partition coefficient (Wildman–Crippen LogP) is 1.63. The minimum atomic E-state index is -0.509. The number of imidazole rings is 1. The summed E-state index contributed by atoms with van der Waals surface area (Å²) in [5.74, 6) is -0.226. The second-order valence-electron chi connectivity index (χ2n) is 4.27. The number of hydrogen-bond acceptors (Lipinski definition) is 4. The summed E-state index contributed by atoms with van der Waals surface area (Å²) in [4.78, 5) is 26.9. The Labute approximate surface area is 126 Å². The number of thioether (sulfide) groups is 1. The topological polar surface area (TPSA) is 76.0 Å². The third-order valence-electron chi connectivity index (χ3n) is 2.83. The number of carbonyl (C=O) groups excluding carboxylic acids is 2. The largest absolute Gasteiger partial charge is 0.341 e. The van der Waals surface area contributed by atoms with Crippen LogP contribution >= 0.6 is 11.8 Å². The number of hydrogen-bond donors (Lipinski definition) is 2. The lowest BCUT2D eigenvalue weighted by atomic mass is 10.2. The van der Waals surface area contributed by atoms with E-state index in [0.29, 0.717) is 0 Å². The van der Waals surface area contributed by atoms with Gasteiger partial charge in [0.2, 0.25) is 5.91 Å². The van der Waals surface area contributed by atoms with Crippen molar-refractivity contribution in [3.8, 4) is 11.3 Å². The molecule has 110 valence electrons. The number of nitrogens with one attached hydrogen (secondary N) is 2. The van der Waals surface area contributed by atoms with Gasteiger partial charge >= 0.3 is 6.03 Å². The molecule has 3 amide bonds. The van der Waals surface area contributed by atoms with Gasteiger partial charge in [0.1, 0.15) is 0 Å². The fraction of sp³-hybridized carbons (Fsp3) is 0.214. The lowest BCUT2D eigenvalue weighted by molar-refractivity contribution is -0.117. The molecular weight excluding hydrogens is 288 g/mol. The van der Waals surface area contributed by atoms with Crippen LogP contribution in [-0.4, -0.2) is 34.3 Å². The van der Waals surface area contributed by atoms with Crippen LogP contribution < -0.4 is 10.6 Å². The smallest absolute Gasteiger partial charge is 0.321 e. The molecule has 2 N–H and O–H groups in total. The number of aromatic nitrogens is 2. The summed E-state index contributed by atoms with van der Waals surface area (Å²) in [7, 11) is 3.36. The molecule has 6 nitrogen and oxygen atoms in total. The molecule has 2 rings (SSSR count). The van der Waals surface area contributed by atoms with E-state index >= 15 is 0 Å². The lowest BCUT2D eigenvalue weighted by Crippen LogP contribution is -2.38. The summed E-state index contributed by atoms with van der Waals surface area (Å²) in [5, 5.41) is 5.26. The Morgan fingerprint density at radius 2 is 2.00 bits per heavy atom. The summed E-state index contributed by atoms with van der Waals surface area (Å²) < 4.78 is 1.92. The summed E-state index contributed by atoms with van der Waals surface area (Å²) in [6.45, 7) is 0. The van der Waals surface area contributed by atoms with Gasteiger partial charge in [0, 0.05) is 14.1 Å². The third kappa shape index (κ3) is 3.85. The van der Waals surface area contributed by atoms with E-state index in [-0.39, 0.29) is 11.7 Å². The summed E-state index contributed by atoms with van der Waals surface area (Å²) in [5.41, 5.74) is 2.04. The van der Waals surface area contributed by atoms with Crippen molar-refractivity contribution >= 4 is 23.7 Å². The van der Waals surface area contributed by atoms with Gasteiger partial charge in [0.05, 0.1) is 17.6 Å². The van der Waals surface area contributed by atoms with E-state index in [4.69, 9.17) is 0 Å². The van der Waals surface area contributed by atoms with Crippen molar-refractivity contribution in [2.75, 3.05) is 12.8 Å². The van der Waals surface area contributed by atoms with E-state index in [1.807, 2.05) is 41.9 Å². The highest BCUT2D eigenvalue weighted by Gasteiger charge is 2.12. The SMILES string of the molecule is CNC(=O)NC(=O)CSc1ncc(-c2ccccc2)n1C. The van der Waals surface area contributed by atoms with Gasteiger partial charge < -0.3 is 9.88 Å². The summed E-state index contributed by atoms with van der Waals surface area (Å²) in [6.07, 6.45) is 1.77. The Bertz CT molecular complexity index is 640. The van der Waals surface area contributed by atoms with Crippen molar-refractivity contribution in [1.29, 1.82) is 0 Å². The molecule has 7 heteroatoms. The number of amides is 3. The van der Waals surface area contributed by atoms with E-state index in [9.17, 15) is 9.59 Å². The zero-order valence-electron chi connectivity index (χ0n) is 11.8. The lowest BCUT2D eigenvalue weighted by Gasteiger charge is -2.06. The molecule has 0 aliphatic heterocycles. The van der Waals surface area contributed by atoms with Crippen LogP contribution in [0.3, 0.4) is 0 Å². The summed E-state index contributed by atoms with van der Waals surface area (Å²) in [6, 6.07) is 9.38. The number of urea groups is 1. The van der Waals surface area contributed by atoms with Crippen LogP contribution in [0.5, 0.6) is 0 Å². The first-order chi connectivity index (χ1) is 10.1. The molecular formula is C14H16N4O2S. The zero-order chi connectivity index (χ0) is 15.2. The Morgan fingerprint density at radius 1 is 1.29 bits per heavy atom. The van der Waals surface area contributed by atoms with Crippen molar-refractivity contribution in [2.45, 2.75) is 5.16 Å². The Morgan fingerprint density at radius 3 is 2.67 bits per heavy atom. The van der Waals surface area contributed by atoms with Gasteiger partial charge in [0.25, 0.3) is 0 Å². The van der Waals surface area contributed by atoms with E-state index in [0.717, 1.165) is 16.4 Å². The highest BCUT2D eigenvalue weighted by molar-refractivity contribution is 7.99. The molecule has 0 saturated carbocycles. The highest BCUT2D eigenvalue weighted by atomic mass is 32.2. The molecule has 0 bridgehead atoms. The molecule has 0 unspecified atom stereocenters. The third-order valence-corrected chi connectivity index (χ3v) is 3.87. The highest BCUT2D eigenvalue weighted by Crippen LogP contribution is 2.24. The molecule has 1 heterocycles. The van der Waals surface area contributed by atoms with Crippen molar-refractivity contribution in [3.05, 3.63) is 36.5 Å². The van der Waals surface area contributed by atoms with E-state index < -0.39 is 6.03 Å². The molecule has 0 aliphatic carbocycles. The molecule has 0 radical (unpaired) electrons. The standard InChI is InChI=1S/C14H16N4O2S/c1-15-13(20)17-12(19)9-21-14-16-8-11(18(14)2)10-6-4-3-5-7-10/h3-8H,9H2,1-2H3,(H2,15,17,19,20). The minimum absolute atomic E-state index is 0.131. The van der Waals surface area contributed by atoms with Crippen LogP contribution in [0.4, 0.5) is 4.79 Å². The number of nitrogens with zero attached hydrogens (tertiary/aromatic N) is 2. The predicted molar refractivity (Wildman–Crippen MR) is 82.0 cm³/mol. The first-order valence-corrected chi connectivity index (χ1v) is 7.32. The molecule has 2 aromatic rings. The van der Waals surface area contributed by atoms with Gasteiger partial charge in [-0.25, -0.2) is 9.78 Å². The van der Waals surface area contributed by atoms with E-state index in [1.165, 1.54) is 18.8 Å². The monoisotopic (exact) mass is 304 g/mol. The van der Waals surface area contributed by atoms with Crippen LogP contribution in [0.25, 0.3) is 11.3 Å². The second-order valence-corrected chi connectivity index (χ2v) is 5.21. The van der Waals surface area contributed by atoms with Crippen molar-refractivity contribution < 1.29 is 9.59 Å². The minimum Gasteiger partial charge on any atom is -0.341 e. The number of carbonyl (C=O) groups is 2. The molecule has 0 fully saturated rings. The van der Waals surface area contributed by atoms with Crippen molar-refractivity contribution in [1.82, 2.24) is 20.2 Å². The van der Waals surface area contributed by atoms with Crippen LogP contribution in [0, 0.1) is 0 Å². The van der Waals surface area contributed by atoms with Crippen LogP contribution in [0.2, 0.25) is 0 Å². The van der Waals surface area contributed by atoms with Gasteiger partial charge in [-0.05, 0) is 5.56 Å². The Balaban J connectivity index is 2.01. The number of rotatable bonds is 4. The van der Waals surface area contributed by atoms with Crippen molar-refractivity contribution in [3.63, 3.8) is 0 Å². The van der Waals surface area contributed by atoms with Gasteiger partial charge in [0.15, 0.2) is 5.16 Å². The fourth-order valence-corrected chi connectivity index (χ4v) is 2.51. The summed E-state index contributed by atoms with van der Waals surface area (Å²) >= 11 is 1.28. The van der Waals surface area contributed by atoms with Gasteiger partial charge in [-0.2, -0.15) is 0 Å². The van der Waals surface area contributed by atoms with Gasteiger partial charge in [-0.3, -0.25) is 10.1 Å². The molecule has 0 atom stereocenters. The molecule has 0 saturated heterocycles. The maximum Gasteiger partial charge on any atom is 0.321 e. The molecule has 0 aliphatic rings. The second kappa shape index (κ2) is 6.94. The zero-order valence-corrected chi connectivity index (χ0v) is 12.6. The average molecular weight is 304 g/mol. The number of imide groups is 1. The maximum atomic E-state index is 11.5. The Hall–Kier alpha value is -2.28. The van der Waals surface area contributed by atoms with Crippen LogP contribution in [0.15, 0.2) is 41.7 Å². The first kappa shape index (κ1) is 15.1. The fourth-order valence-electron chi connectivity index (χ4n) is 1.76. The van der Waals surface area contributed by atoms with E-state index in [1.54, 1.807) is 6.20 Å². The normalized spacial score (nSPS) is 10.2. The quantitative estimate of drug-likeness (QED) is 0.842. The average Bonchev–Trinajstić information content (AvgIpc) is 2.87. The molecule has 0 spiro atoms. The molecule has 1 aromatic carbocycles. The maximum absolute atomic E-state index is 11.5. The Kier molecular flexibility index (Phi) is 4.99. The molecule has 21 heavy (non-hydrogen) atoms. The van der Waals surface area contributed by atoms with E-state index in [2.05, 4.69) is 15.6 Å².